The molecule has 0 aliphatic rings. The monoisotopic (exact) mass is 183 g/mol. The van der Waals surface area contributed by atoms with Crippen LogP contribution in [0.3, 0.4) is 0 Å². The van der Waals surface area contributed by atoms with Crippen molar-refractivity contribution < 1.29 is 0 Å². The molecule has 0 heterocycles. The first-order valence-electron chi connectivity index (χ1n) is 5.17. The summed E-state index contributed by atoms with van der Waals surface area (Å²) in [5.41, 5.74) is 2.24. The fourth-order valence-electron chi connectivity index (χ4n) is 0.852. The van der Waals surface area contributed by atoms with Gasteiger partial charge in [0.25, 0.3) is 0 Å². The van der Waals surface area contributed by atoms with Gasteiger partial charge in [0.2, 0.25) is 0 Å². The molecule has 0 unspecified atom stereocenters. The van der Waals surface area contributed by atoms with Gasteiger partial charge < -0.3 is 0 Å². The van der Waals surface area contributed by atoms with E-state index in [1.165, 1.54) is 0 Å². The summed E-state index contributed by atoms with van der Waals surface area (Å²) in [5, 5.41) is 0. The van der Waals surface area contributed by atoms with E-state index in [9.17, 15) is 0 Å². The van der Waals surface area contributed by atoms with Gasteiger partial charge in [-0.25, -0.2) is 0 Å². The zero-order valence-electron chi connectivity index (χ0n) is 9.98. The van der Waals surface area contributed by atoms with Gasteiger partial charge in [-0.05, 0) is 25.6 Å². The Morgan fingerprint density at radius 2 is 1.46 bits per heavy atom. The van der Waals surface area contributed by atoms with Gasteiger partial charge >= 0.3 is 0 Å². The molecule has 0 amide bonds. The second-order valence-electron chi connectivity index (χ2n) is 2.85. The smallest absolute Gasteiger partial charge is 0.0230 e. The van der Waals surface area contributed by atoms with E-state index in [0.717, 1.165) is 30.8 Å². The minimum absolute atomic E-state index is 0.961. The van der Waals surface area contributed by atoms with E-state index in [-0.39, 0.29) is 0 Å². The zero-order chi connectivity index (χ0) is 10.9. The lowest BCUT2D eigenvalue weighted by Crippen LogP contribution is -2.25. The standard InChI is InChI=1S/C10H19N.C2H6/c1-6-11(7-2)8-10(5)9(3)4;1-2/h3,5-8H2,1-2,4H3;1-2H3. The Morgan fingerprint density at radius 3 is 1.69 bits per heavy atom. The summed E-state index contributed by atoms with van der Waals surface area (Å²) in [4.78, 5) is 2.33. The molecule has 0 saturated carbocycles. The van der Waals surface area contributed by atoms with Crippen molar-refractivity contribution in [2.75, 3.05) is 19.6 Å². The third-order valence-corrected chi connectivity index (χ3v) is 1.91. The molecule has 0 saturated heterocycles. The fourth-order valence-corrected chi connectivity index (χ4v) is 0.852. The molecule has 0 fully saturated rings. The number of hydrogen-bond donors (Lipinski definition) is 0. The van der Waals surface area contributed by atoms with Crippen molar-refractivity contribution >= 4 is 0 Å². The summed E-state index contributed by atoms with van der Waals surface area (Å²) in [6, 6.07) is 0. The average molecular weight is 183 g/mol. The Hall–Kier alpha value is -0.560. The van der Waals surface area contributed by atoms with Gasteiger partial charge in [0.05, 0.1) is 0 Å². The highest BCUT2D eigenvalue weighted by Crippen LogP contribution is 2.05. The fraction of sp³-hybridized carbons (Fsp3) is 0.667. The number of nitrogens with zero attached hydrogens (tertiary/aromatic N) is 1. The molecule has 0 bridgehead atoms. The van der Waals surface area contributed by atoms with Crippen molar-refractivity contribution in [2.24, 2.45) is 0 Å². The van der Waals surface area contributed by atoms with Crippen LogP contribution in [-0.2, 0) is 0 Å². The highest BCUT2D eigenvalue weighted by atomic mass is 15.1. The van der Waals surface area contributed by atoms with Crippen LogP contribution in [0.4, 0.5) is 0 Å². The molecular formula is C12H25N. The number of hydrogen-bond acceptors (Lipinski definition) is 1. The molecule has 0 aliphatic carbocycles. The second kappa shape index (κ2) is 9.53. The molecule has 0 radical (unpaired) electrons. The van der Waals surface area contributed by atoms with Crippen LogP contribution in [0.15, 0.2) is 24.3 Å². The number of likely N-dealkylation sites (N-methyl/N-ethyl adjacent to an activating group) is 1. The van der Waals surface area contributed by atoms with Crippen LogP contribution < -0.4 is 0 Å². The minimum atomic E-state index is 0.961. The van der Waals surface area contributed by atoms with E-state index >= 15 is 0 Å². The summed E-state index contributed by atoms with van der Waals surface area (Å²) in [6.07, 6.45) is 0. The quantitative estimate of drug-likeness (QED) is 0.590. The van der Waals surface area contributed by atoms with Crippen LogP contribution in [0.1, 0.15) is 34.6 Å². The van der Waals surface area contributed by atoms with Crippen LogP contribution in [-0.4, -0.2) is 24.5 Å². The Morgan fingerprint density at radius 1 is 1.08 bits per heavy atom. The van der Waals surface area contributed by atoms with Crippen LogP contribution in [0, 0.1) is 0 Å². The third-order valence-electron chi connectivity index (χ3n) is 1.91. The zero-order valence-corrected chi connectivity index (χ0v) is 9.98. The van der Waals surface area contributed by atoms with Crippen LogP contribution >= 0.6 is 0 Å². The van der Waals surface area contributed by atoms with Gasteiger partial charge in [0, 0.05) is 6.54 Å². The number of rotatable bonds is 5. The second-order valence-corrected chi connectivity index (χ2v) is 2.85. The molecule has 0 aromatic rings. The first-order chi connectivity index (χ1) is 6.11. The maximum Gasteiger partial charge on any atom is 0.0230 e. The molecular weight excluding hydrogens is 158 g/mol. The minimum Gasteiger partial charge on any atom is -0.300 e. The van der Waals surface area contributed by atoms with Gasteiger partial charge in [-0.2, -0.15) is 0 Å². The van der Waals surface area contributed by atoms with E-state index in [0.29, 0.717) is 0 Å². The Labute approximate surface area is 84.1 Å². The topological polar surface area (TPSA) is 3.24 Å². The lowest BCUT2D eigenvalue weighted by Gasteiger charge is -2.19. The first kappa shape index (κ1) is 14.9. The summed E-state index contributed by atoms with van der Waals surface area (Å²) in [7, 11) is 0. The molecule has 1 nitrogen and oxygen atoms in total. The largest absolute Gasteiger partial charge is 0.300 e. The van der Waals surface area contributed by atoms with Gasteiger partial charge in [0.1, 0.15) is 0 Å². The molecule has 78 valence electrons. The highest BCUT2D eigenvalue weighted by Gasteiger charge is 2.01. The summed E-state index contributed by atoms with van der Waals surface area (Å²) < 4.78 is 0. The maximum atomic E-state index is 3.95. The Kier molecular flexibility index (Phi) is 10.9. The molecule has 1 heteroatoms. The Balaban J connectivity index is 0. The van der Waals surface area contributed by atoms with Crippen molar-refractivity contribution in [3.8, 4) is 0 Å². The predicted octanol–water partition coefficient (Wildman–Crippen LogP) is 3.49. The van der Waals surface area contributed by atoms with Crippen LogP contribution in [0.5, 0.6) is 0 Å². The molecule has 0 spiro atoms. The van der Waals surface area contributed by atoms with Gasteiger partial charge in [-0.15, -0.1) is 0 Å². The molecule has 0 aromatic heterocycles. The SMILES string of the molecule is C=C(C)C(=C)CN(CC)CC.CC. The van der Waals surface area contributed by atoms with Crippen LogP contribution in [0.2, 0.25) is 0 Å². The molecule has 13 heavy (non-hydrogen) atoms. The molecule has 0 atom stereocenters. The summed E-state index contributed by atoms with van der Waals surface area (Å²) >= 11 is 0. The van der Waals surface area contributed by atoms with Crippen molar-refractivity contribution in [3.63, 3.8) is 0 Å². The van der Waals surface area contributed by atoms with Crippen molar-refractivity contribution in [2.45, 2.75) is 34.6 Å². The van der Waals surface area contributed by atoms with Gasteiger partial charge in [0.15, 0.2) is 0 Å². The van der Waals surface area contributed by atoms with Gasteiger partial charge in [-0.1, -0.05) is 46.4 Å². The first-order valence-corrected chi connectivity index (χ1v) is 5.17. The maximum absolute atomic E-state index is 3.95. The summed E-state index contributed by atoms with van der Waals surface area (Å²) in [6.45, 7) is 21.3. The average Bonchev–Trinajstić information content (AvgIpc) is 2.16. The van der Waals surface area contributed by atoms with Crippen molar-refractivity contribution in [1.82, 2.24) is 4.90 Å². The molecule has 0 aliphatic heterocycles. The lowest BCUT2D eigenvalue weighted by molar-refractivity contribution is 0.331. The molecule has 0 aromatic carbocycles. The van der Waals surface area contributed by atoms with E-state index in [1.807, 2.05) is 20.8 Å². The van der Waals surface area contributed by atoms with E-state index < -0.39 is 0 Å². The van der Waals surface area contributed by atoms with E-state index in [4.69, 9.17) is 0 Å². The van der Waals surface area contributed by atoms with Crippen molar-refractivity contribution in [3.05, 3.63) is 24.3 Å². The highest BCUT2D eigenvalue weighted by molar-refractivity contribution is 5.23. The Bertz CT molecular complexity index is 143. The molecule has 0 rings (SSSR count). The molecule has 0 N–H and O–H groups in total. The predicted molar refractivity (Wildman–Crippen MR) is 63.1 cm³/mol. The van der Waals surface area contributed by atoms with Gasteiger partial charge in [-0.3, -0.25) is 4.90 Å². The summed E-state index contributed by atoms with van der Waals surface area (Å²) in [5.74, 6) is 0. The normalized spacial score (nSPS) is 9.08. The van der Waals surface area contributed by atoms with E-state index in [2.05, 4.69) is 31.9 Å². The third kappa shape index (κ3) is 7.79. The van der Waals surface area contributed by atoms with Crippen molar-refractivity contribution in [1.29, 1.82) is 0 Å². The van der Waals surface area contributed by atoms with E-state index in [1.54, 1.807) is 0 Å². The van der Waals surface area contributed by atoms with Crippen LogP contribution in [0.25, 0.3) is 0 Å². The lowest BCUT2D eigenvalue weighted by atomic mass is 10.1.